The highest BCUT2D eigenvalue weighted by atomic mass is 19.4. The van der Waals surface area contributed by atoms with Crippen LogP contribution >= 0.6 is 0 Å². The molecule has 1 heterocycles. The van der Waals surface area contributed by atoms with E-state index in [-0.39, 0.29) is 40.2 Å². The fourth-order valence-electron chi connectivity index (χ4n) is 3.08. The minimum atomic E-state index is -4.66. The maximum atomic E-state index is 13.5. The Bertz CT molecular complexity index is 1070. The summed E-state index contributed by atoms with van der Waals surface area (Å²) in [5, 5.41) is 11.5. The van der Waals surface area contributed by atoms with Crippen LogP contribution < -0.4 is 0 Å². The van der Waals surface area contributed by atoms with Gasteiger partial charge in [0.2, 0.25) is 0 Å². The molecular weight excluding hydrogens is 389 g/mol. The number of hydrogen-bond acceptors (Lipinski definition) is 4. The zero-order chi connectivity index (χ0) is 21.2. The Morgan fingerprint density at radius 3 is 2.34 bits per heavy atom. The van der Waals surface area contributed by atoms with Gasteiger partial charge < -0.3 is 9.72 Å². The summed E-state index contributed by atoms with van der Waals surface area (Å²) >= 11 is 0. The average molecular weight is 404 g/mol. The molecule has 0 aliphatic rings. The lowest BCUT2D eigenvalue weighted by Crippen LogP contribution is -2.08. The molecule has 3 rings (SSSR count). The third kappa shape index (κ3) is 3.84. The number of nitrogens with zero attached hydrogens (tertiary/aromatic N) is 1. The summed E-state index contributed by atoms with van der Waals surface area (Å²) < 4.78 is 45.6. The SMILES string of the molecule is CCOC(=O)c1c[nH]c(-c2ccccc2C(F)(F)F)c1-c1ccccc1[N+](=O)[O-]. The predicted molar refractivity (Wildman–Crippen MR) is 99.3 cm³/mol. The monoisotopic (exact) mass is 404 g/mol. The average Bonchev–Trinajstić information content (AvgIpc) is 3.12. The van der Waals surface area contributed by atoms with E-state index in [0.717, 1.165) is 6.07 Å². The van der Waals surface area contributed by atoms with Crippen molar-refractivity contribution >= 4 is 11.7 Å². The molecule has 1 aromatic heterocycles. The molecule has 6 nitrogen and oxygen atoms in total. The van der Waals surface area contributed by atoms with Gasteiger partial charge in [0.1, 0.15) is 0 Å². The Labute approximate surface area is 163 Å². The number of carbonyl (C=O) groups excluding carboxylic acids is 1. The number of nitrogens with one attached hydrogen (secondary N) is 1. The van der Waals surface area contributed by atoms with Crippen molar-refractivity contribution in [2.24, 2.45) is 0 Å². The second-order valence-corrected chi connectivity index (χ2v) is 5.99. The van der Waals surface area contributed by atoms with Gasteiger partial charge in [-0.2, -0.15) is 13.2 Å². The minimum Gasteiger partial charge on any atom is -0.462 e. The predicted octanol–water partition coefficient (Wildman–Crippen LogP) is 5.45. The van der Waals surface area contributed by atoms with E-state index in [9.17, 15) is 28.1 Å². The van der Waals surface area contributed by atoms with Crippen molar-refractivity contribution in [3.63, 3.8) is 0 Å². The fraction of sp³-hybridized carbons (Fsp3) is 0.150. The first-order valence-electron chi connectivity index (χ1n) is 8.54. The maximum Gasteiger partial charge on any atom is 0.417 e. The number of alkyl halides is 3. The van der Waals surface area contributed by atoms with Gasteiger partial charge in [0.05, 0.1) is 33.9 Å². The number of nitro groups is 1. The van der Waals surface area contributed by atoms with E-state index in [1.165, 1.54) is 48.7 Å². The molecule has 0 radical (unpaired) electrons. The highest BCUT2D eigenvalue weighted by Gasteiger charge is 2.35. The van der Waals surface area contributed by atoms with Crippen LogP contribution in [0.1, 0.15) is 22.8 Å². The van der Waals surface area contributed by atoms with Crippen LogP contribution in [0.5, 0.6) is 0 Å². The summed E-state index contributed by atoms with van der Waals surface area (Å²) in [7, 11) is 0. The number of esters is 1. The Kier molecular flexibility index (Phi) is 5.40. The van der Waals surface area contributed by atoms with E-state index in [1.807, 2.05) is 0 Å². The Hall–Kier alpha value is -3.62. The number of halogens is 3. The van der Waals surface area contributed by atoms with E-state index >= 15 is 0 Å². The number of nitro benzene ring substituents is 1. The number of benzene rings is 2. The largest absolute Gasteiger partial charge is 0.462 e. The van der Waals surface area contributed by atoms with Crippen molar-refractivity contribution in [1.29, 1.82) is 0 Å². The summed E-state index contributed by atoms with van der Waals surface area (Å²) in [5.41, 5.74) is -1.67. The highest BCUT2D eigenvalue weighted by molar-refractivity contribution is 6.03. The van der Waals surface area contributed by atoms with E-state index in [2.05, 4.69) is 4.98 Å². The third-order valence-electron chi connectivity index (χ3n) is 4.25. The number of ether oxygens (including phenoxy) is 1. The fourth-order valence-corrected chi connectivity index (χ4v) is 3.08. The first-order valence-corrected chi connectivity index (χ1v) is 8.54. The molecule has 150 valence electrons. The molecular formula is C20H15F3N2O4. The molecule has 0 saturated carbocycles. The van der Waals surface area contributed by atoms with Crippen molar-refractivity contribution in [3.05, 3.63) is 76.0 Å². The molecule has 29 heavy (non-hydrogen) atoms. The number of carbonyl (C=O) groups is 1. The molecule has 0 aliphatic carbocycles. The number of aromatic nitrogens is 1. The van der Waals surface area contributed by atoms with Crippen LogP contribution in [0.3, 0.4) is 0 Å². The number of rotatable bonds is 5. The second kappa shape index (κ2) is 7.78. The lowest BCUT2D eigenvalue weighted by molar-refractivity contribution is -0.384. The van der Waals surface area contributed by atoms with Crippen molar-refractivity contribution in [3.8, 4) is 22.4 Å². The summed E-state index contributed by atoms with van der Waals surface area (Å²) in [6, 6.07) is 10.3. The molecule has 0 fully saturated rings. The summed E-state index contributed by atoms with van der Waals surface area (Å²) in [6.45, 7) is 1.61. The van der Waals surface area contributed by atoms with Gasteiger partial charge in [-0.15, -0.1) is 0 Å². The van der Waals surface area contributed by atoms with E-state index in [0.29, 0.717) is 0 Å². The lowest BCUT2D eigenvalue weighted by Gasteiger charge is -2.14. The summed E-state index contributed by atoms with van der Waals surface area (Å²) in [4.78, 5) is 25.9. The van der Waals surface area contributed by atoms with Crippen molar-refractivity contribution in [2.45, 2.75) is 13.1 Å². The lowest BCUT2D eigenvalue weighted by atomic mass is 9.94. The Morgan fingerprint density at radius 2 is 1.72 bits per heavy atom. The van der Waals surface area contributed by atoms with Crippen LogP contribution in [0.2, 0.25) is 0 Å². The van der Waals surface area contributed by atoms with Gasteiger partial charge in [-0.1, -0.05) is 30.3 Å². The number of hydrogen-bond donors (Lipinski definition) is 1. The van der Waals surface area contributed by atoms with Gasteiger partial charge >= 0.3 is 12.1 Å². The van der Waals surface area contributed by atoms with Crippen molar-refractivity contribution in [2.75, 3.05) is 6.61 Å². The molecule has 0 atom stereocenters. The number of aromatic amines is 1. The molecule has 0 amide bonds. The normalized spacial score (nSPS) is 11.3. The maximum absolute atomic E-state index is 13.5. The third-order valence-corrected chi connectivity index (χ3v) is 4.25. The van der Waals surface area contributed by atoms with Crippen LogP contribution in [0.25, 0.3) is 22.4 Å². The summed E-state index contributed by atoms with van der Waals surface area (Å²) in [5.74, 6) is -0.798. The zero-order valence-electron chi connectivity index (χ0n) is 15.1. The number of para-hydroxylation sites is 1. The molecule has 0 saturated heterocycles. The number of H-pyrrole nitrogens is 1. The smallest absolute Gasteiger partial charge is 0.417 e. The van der Waals surface area contributed by atoms with E-state index in [4.69, 9.17) is 4.74 Å². The molecule has 2 aromatic carbocycles. The summed E-state index contributed by atoms with van der Waals surface area (Å²) in [6.07, 6.45) is -3.46. The minimum absolute atomic E-state index is 0.00813. The van der Waals surface area contributed by atoms with Crippen molar-refractivity contribution in [1.82, 2.24) is 4.98 Å². The van der Waals surface area contributed by atoms with Crippen LogP contribution in [0, 0.1) is 10.1 Å². The van der Waals surface area contributed by atoms with Crippen LogP contribution in [-0.2, 0) is 10.9 Å². The van der Waals surface area contributed by atoms with Gasteiger partial charge in [0.25, 0.3) is 5.69 Å². The van der Waals surface area contributed by atoms with Gasteiger partial charge in [0.15, 0.2) is 0 Å². The second-order valence-electron chi connectivity index (χ2n) is 5.99. The Balaban J connectivity index is 2.36. The van der Waals surface area contributed by atoms with E-state index < -0.39 is 22.6 Å². The van der Waals surface area contributed by atoms with Crippen LogP contribution in [0.15, 0.2) is 54.7 Å². The van der Waals surface area contributed by atoms with Gasteiger partial charge in [-0.05, 0) is 19.1 Å². The molecule has 9 heteroatoms. The Morgan fingerprint density at radius 1 is 1.10 bits per heavy atom. The topological polar surface area (TPSA) is 85.2 Å². The quantitative estimate of drug-likeness (QED) is 0.348. The van der Waals surface area contributed by atoms with Crippen molar-refractivity contribution < 1.29 is 27.6 Å². The highest BCUT2D eigenvalue weighted by Crippen LogP contribution is 2.43. The van der Waals surface area contributed by atoms with Gasteiger partial charge in [0, 0.05) is 23.4 Å². The molecule has 0 spiro atoms. The zero-order valence-corrected chi connectivity index (χ0v) is 15.1. The first-order chi connectivity index (χ1) is 13.8. The molecule has 3 aromatic rings. The van der Waals surface area contributed by atoms with E-state index in [1.54, 1.807) is 6.92 Å². The van der Waals surface area contributed by atoms with Gasteiger partial charge in [-0.3, -0.25) is 10.1 Å². The molecule has 1 N–H and O–H groups in total. The molecule has 0 aliphatic heterocycles. The molecule has 0 bridgehead atoms. The van der Waals surface area contributed by atoms with Crippen LogP contribution in [-0.4, -0.2) is 22.5 Å². The first kappa shape index (κ1) is 20.1. The molecule has 0 unspecified atom stereocenters. The van der Waals surface area contributed by atoms with Crippen LogP contribution in [0.4, 0.5) is 18.9 Å². The van der Waals surface area contributed by atoms with Gasteiger partial charge in [-0.25, -0.2) is 4.79 Å². The standard InChI is InChI=1S/C20H15F3N2O4/c1-2-29-19(26)14-11-24-18(12-7-3-5-9-15(12)20(21,22)23)17(14)13-8-4-6-10-16(13)25(27)28/h3-11,24H,2H2,1H3.